The summed E-state index contributed by atoms with van der Waals surface area (Å²) in [5, 5.41) is 10.0. The molecule has 1 saturated heterocycles. The summed E-state index contributed by atoms with van der Waals surface area (Å²) in [5.74, 6) is 1.24. The van der Waals surface area contributed by atoms with Gasteiger partial charge >= 0.3 is 0 Å². The van der Waals surface area contributed by atoms with Gasteiger partial charge in [0.05, 0.1) is 12.8 Å². The number of nitrogens with one attached hydrogen (secondary N) is 1. The molecule has 6 heteroatoms. The van der Waals surface area contributed by atoms with Crippen LogP contribution in [0.25, 0.3) is 0 Å². The summed E-state index contributed by atoms with van der Waals surface area (Å²) in [7, 11) is -0.938. The van der Waals surface area contributed by atoms with Crippen molar-refractivity contribution in [3.8, 4) is 5.75 Å². The van der Waals surface area contributed by atoms with Crippen LogP contribution in [0.3, 0.4) is 0 Å². The molecule has 5 nitrogen and oxygen atoms in total. The van der Waals surface area contributed by atoms with Gasteiger partial charge in [-0.05, 0) is 24.6 Å². The molecule has 1 heterocycles. The molecule has 0 aliphatic carbocycles. The number of ether oxygens (including phenoxy) is 1. The van der Waals surface area contributed by atoms with Gasteiger partial charge in [0.15, 0.2) is 9.84 Å². The van der Waals surface area contributed by atoms with Gasteiger partial charge in [-0.1, -0.05) is 12.1 Å². The standard InChI is InChI=1S/C15H23NO4S/c1-12-4-3-5-15(8-12)20-10-14(17)9-16(2)13-6-7-21(18,19)11-13/h3-5,8,13-14,17H,6-7,9-11H2,1-2H3/p+1/t13-,14+/m1/s1. The lowest BCUT2D eigenvalue weighted by Crippen LogP contribution is -3.14. The molecule has 21 heavy (non-hydrogen) atoms. The SMILES string of the molecule is Cc1cccc(OC[C@@H](O)C[NH+](C)[C@@H]2CCS(=O)(=O)C2)c1. The molecule has 1 aromatic carbocycles. The molecule has 1 aromatic rings. The normalized spacial score (nSPS) is 23.7. The first kappa shape index (κ1) is 16.3. The smallest absolute Gasteiger partial charge is 0.156 e. The summed E-state index contributed by atoms with van der Waals surface area (Å²) in [4.78, 5) is 1.05. The van der Waals surface area contributed by atoms with Crippen molar-refractivity contribution in [2.75, 3.05) is 31.7 Å². The van der Waals surface area contributed by atoms with Crippen molar-refractivity contribution in [2.24, 2.45) is 0 Å². The van der Waals surface area contributed by atoms with Crippen molar-refractivity contribution in [2.45, 2.75) is 25.5 Å². The third kappa shape index (κ3) is 4.98. The lowest BCUT2D eigenvalue weighted by atomic mass is 10.2. The van der Waals surface area contributed by atoms with Gasteiger partial charge in [-0.3, -0.25) is 0 Å². The van der Waals surface area contributed by atoms with E-state index in [1.165, 1.54) is 0 Å². The van der Waals surface area contributed by atoms with Crippen LogP contribution in [0.15, 0.2) is 24.3 Å². The molecule has 0 bridgehead atoms. The molecule has 3 atom stereocenters. The number of hydrogen-bond acceptors (Lipinski definition) is 4. The molecule has 0 amide bonds. The average molecular weight is 314 g/mol. The molecular weight excluding hydrogens is 290 g/mol. The van der Waals surface area contributed by atoms with Crippen LogP contribution in [-0.4, -0.2) is 57.4 Å². The number of hydrogen-bond donors (Lipinski definition) is 2. The monoisotopic (exact) mass is 314 g/mol. The third-order valence-corrected chi connectivity index (χ3v) is 5.69. The quantitative estimate of drug-likeness (QED) is 0.738. The van der Waals surface area contributed by atoms with E-state index in [4.69, 9.17) is 4.74 Å². The fourth-order valence-electron chi connectivity index (χ4n) is 2.68. The Hall–Kier alpha value is -1.11. The van der Waals surface area contributed by atoms with Crippen LogP contribution in [0.4, 0.5) is 0 Å². The summed E-state index contributed by atoms with van der Waals surface area (Å²) < 4.78 is 28.5. The van der Waals surface area contributed by atoms with E-state index in [1.54, 1.807) is 0 Å². The summed E-state index contributed by atoms with van der Waals surface area (Å²) in [5.41, 5.74) is 1.11. The second-order valence-electron chi connectivity index (χ2n) is 5.93. The molecule has 0 aromatic heterocycles. The summed E-state index contributed by atoms with van der Waals surface area (Å²) >= 11 is 0. The van der Waals surface area contributed by atoms with Gasteiger partial charge < -0.3 is 14.7 Å². The van der Waals surface area contributed by atoms with Gasteiger partial charge in [0, 0.05) is 6.42 Å². The zero-order valence-corrected chi connectivity index (χ0v) is 13.4. The highest BCUT2D eigenvalue weighted by Gasteiger charge is 2.34. The Morgan fingerprint density at radius 3 is 2.86 bits per heavy atom. The molecule has 1 aliphatic rings. The number of likely N-dealkylation sites (N-methyl/N-ethyl adjacent to an activating group) is 1. The van der Waals surface area contributed by atoms with E-state index < -0.39 is 15.9 Å². The third-order valence-electron chi connectivity index (χ3n) is 3.92. The summed E-state index contributed by atoms with van der Waals surface area (Å²) in [6.07, 6.45) is 0.0772. The second kappa shape index (κ2) is 6.77. The minimum Gasteiger partial charge on any atom is -0.491 e. The van der Waals surface area contributed by atoms with E-state index in [-0.39, 0.29) is 24.2 Å². The molecule has 2 rings (SSSR count). The van der Waals surface area contributed by atoms with Crippen LogP contribution in [-0.2, 0) is 9.84 Å². The molecule has 1 fully saturated rings. The van der Waals surface area contributed by atoms with E-state index in [2.05, 4.69) is 0 Å². The zero-order valence-electron chi connectivity index (χ0n) is 12.6. The first-order valence-electron chi connectivity index (χ1n) is 7.26. The van der Waals surface area contributed by atoms with Crippen molar-refractivity contribution < 1.29 is 23.2 Å². The fourth-order valence-corrected chi connectivity index (χ4v) is 4.55. The Labute approximate surface area is 126 Å². The number of quaternary nitrogens is 1. The lowest BCUT2D eigenvalue weighted by Gasteiger charge is -2.23. The first-order chi connectivity index (χ1) is 9.85. The number of rotatable bonds is 6. The van der Waals surface area contributed by atoms with E-state index >= 15 is 0 Å². The predicted molar refractivity (Wildman–Crippen MR) is 81.5 cm³/mol. The van der Waals surface area contributed by atoms with Crippen LogP contribution >= 0.6 is 0 Å². The van der Waals surface area contributed by atoms with E-state index in [1.807, 2.05) is 38.2 Å². The summed E-state index contributed by atoms with van der Waals surface area (Å²) in [6.45, 7) is 2.70. The van der Waals surface area contributed by atoms with Gasteiger partial charge in [0.2, 0.25) is 0 Å². The number of aliphatic hydroxyl groups is 1. The predicted octanol–water partition coefficient (Wildman–Crippen LogP) is -0.563. The van der Waals surface area contributed by atoms with Crippen LogP contribution in [0.5, 0.6) is 5.75 Å². The molecule has 1 unspecified atom stereocenters. The lowest BCUT2D eigenvalue weighted by molar-refractivity contribution is -0.905. The van der Waals surface area contributed by atoms with E-state index in [0.717, 1.165) is 16.2 Å². The second-order valence-corrected chi connectivity index (χ2v) is 8.16. The van der Waals surface area contributed by atoms with Crippen molar-refractivity contribution >= 4 is 9.84 Å². The Morgan fingerprint density at radius 2 is 2.24 bits per heavy atom. The molecule has 0 spiro atoms. The van der Waals surface area contributed by atoms with Crippen LogP contribution in [0.1, 0.15) is 12.0 Å². The largest absolute Gasteiger partial charge is 0.491 e. The average Bonchev–Trinajstić information content (AvgIpc) is 2.77. The number of aliphatic hydroxyl groups excluding tert-OH is 1. The Bertz CT molecular complexity index is 573. The highest BCUT2D eigenvalue weighted by Crippen LogP contribution is 2.12. The number of aryl methyl sites for hydroxylation is 1. The van der Waals surface area contributed by atoms with Gasteiger partial charge in [-0.2, -0.15) is 0 Å². The molecule has 1 aliphatic heterocycles. The van der Waals surface area contributed by atoms with Crippen LogP contribution < -0.4 is 9.64 Å². The first-order valence-corrected chi connectivity index (χ1v) is 9.08. The Kier molecular flexibility index (Phi) is 5.24. The molecule has 2 N–H and O–H groups in total. The van der Waals surface area contributed by atoms with Crippen LogP contribution in [0, 0.1) is 6.92 Å². The zero-order chi connectivity index (χ0) is 15.5. The fraction of sp³-hybridized carbons (Fsp3) is 0.600. The molecular formula is C15H24NO4S+. The molecule has 0 radical (unpaired) electrons. The van der Waals surface area contributed by atoms with Crippen molar-refractivity contribution in [1.82, 2.24) is 0 Å². The van der Waals surface area contributed by atoms with E-state index in [9.17, 15) is 13.5 Å². The van der Waals surface area contributed by atoms with Crippen molar-refractivity contribution in [3.63, 3.8) is 0 Å². The van der Waals surface area contributed by atoms with Gasteiger partial charge in [0.25, 0.3) is 0 Å². The maximum absolute atomic E-state index is 11.5. The topological polar surface area (TPSA) is 68.0 Å². The van der Waals surface area contributed by atoms with Crippen molar-refractivity contribution in [1.29, 1.82) is 0 Å². The van der Waals surface area contributed by atoms with Crippen LogP contribution in [0.2, 0.25) is 0 Å². The van der Waals surface area contributed by atoms with Gasteiger partial charge in [0.1, 0.15) is 36.8 Å². The number of benzene rings is 1. The Morgan fingerprint density at radius 1 is 1.48 bits per heavy atom. The highest BCUT2D eigenvalue weighted by atomic mass is 32.2. The van der Waals surface area contributed by atoms with Gasteiger partial charge in [-0.25, -0.2) is 8.42 Å². The Balaban J connectivity index is 1.78. The number of sulfone groups is 1. The minimum atomic E-state index is -2.87. The summed E-state index contributed by atoms with van der Waals surface area (Å²) in [6, 6.07) is 7.77. The molecule has 0 saturated carbocycles. The maximum Gasteiger partial charge on any atom is 0.156 e. The maximum atomic E-state index is 11.5. The van der Waals surface area contributed by atoms with Crippen molar-refractivity contribution in [3.05, 3.63) is 29.8 Å². The van der Waals surface area contributed by atoms with E-state index in [0.29, 0.717) is 13.0 Å². The van der Waals surface area contributed by atoms with Gasteiger partial charge in [-0.15, -0.1) is 0 Å². The minimum absolute atomic E-state index is 0.0867. The highest BCUT2D eigenvalue weighted by molar-refractivity contribution is 7.91. The molecule has 118 valence electrons.